The summed E-state index contributed by atoms with van der Waals surface area (Å²) >= 11 is 1.59. The highest BCUT2D eigenvalue weighted by atomic mass is 32.2. The molecule has 0 bridgehead atoms. The molecule has 0 radical (unpaired) electrons. The lowest BCUT2D eigenvalue weighted by Gasteiger charge is -2.18. The van der Waals surface area contributed by atoms with Gasteiger partial charge in [-0.3, -0.25) is 0 Å². The van der Waals surface area contributed by atoms with Crippen molar-refractivity contribution in [2.75, 3.05) is 39.9 Å². The van der Waals surface area contributed by atoms with Gasteiger partial charge in [-0.2, -0.15) is 11.8 Å². The Morgan fingerprint density at radius 2 is 1.84 bits per heavy atom. The lowest BCUT2D eigenvalue weighted by atomic mass is 10.2. The number of nitrogens with one attached hydrogen (secondary N) is 2. The fraction of sp³-hybridized carbons (Fsp3) is 0.818. The van der Waals surface area contributed by atoms with Crippen LogP contribution in [0.5, 0.6) is 0 Å². The molecule has 112 valence electrons. The summed E-state index contributed by atoms with van der Waals surface area (Å²) in [5.41, 5.74) is 0. The lowest BCUT2D eigenvalue weighted by Crippen LogP contribution is -2.48. The van der Waals surface area contributed by atoms with Gasteiger partial charge in [-0.1, -0.05) is 0 Å². The number of esters is 1. The van der Waals surface area contributed by atoms with Gasteiger partial charge in [0.2, 0.25) is 0 Å². The number of amides is 2. The summed E-state index contributed by atoms with van der Waals surface area (Å²) in [5.74, 6) is 0.290. The van der Waals surface area contributed by atoms with Crippen molar-refractivity contribution >= 4 is 23.8 Å². The van der Waals surface area contributed by atoms with Crippen LogP contribution in [0, 0.1) is 0 Å². The largest absolute Gasteiger partial charge is 0.467 e. The molecule has 0 aliphatic carbocycles. The Hall–Kier alpha value is -0.990. The molecular formula is C11H22N2O5S. The molecule has 0 heterocycles. The van der Waals surface area contributed by atoms with E-state index in [2.05, 4.69) is 15.4 Å². The zero-order valence-electron chi connectivity index (χ0n) is 11.7. The number of thioether (sulfide) groups is 1. The smallest absolute Gasteiger partial charge is 0.328 e. The molecule has 7 nitrogen and oxygen atoms in total. The topological polar surface area (TPSA) is 85.9 Å². The summed E-state index contributed by atoms with van der Waals surface area (Å²) < 4.78 is 14.5. The second-order valence-electron chi connectivity index (χ2n) is 3.61. The molecular weight excluding hydrogens is 272 g/mol. The summed E-state index contributed by atoms with van der Waals surface area (Å²) in [7, 11) is 4.24. The highest BCUT2D eigenvalue weighted by Crippen LogP contribution is 2.02. The maximum Gasteiger partial charge on any atom is 0.328 e. The minimum absolute atomic E-state index is 0.190. The number of carbonyl (C=O) groups excluding carboxylic acids is 2. The first-order valence-corrected chi connectivity index (χ1v) is 7.15. The second kappa shape index (κ2) is 10.9. The molecule has 1 atom stereocenters. The molecule has 0 aliphatic heterocycles. The number of rotatable bonds is 9. The van der Waals surface area contributed by atoms with Crippen molar-refractivity contribution in [1.82, 2.24) is 10.6 Å². The van der Waals surface area contributed by atoms with Crippen LogP contribution in [0.1, 0.15) is 6.42 Å². The van der Waals surface area contributed by atoms with Gasteiger partial charge in [-0.15, -0.1) is 0 Å². The van der Waals surface area contributed by atoms with E-state index in [1.807, 2.05) is 6.26 Å². The Labute approximate surface area is 117 Å². The molecule has 0 aromatic heterocycles. The number of urea groups is 1. The van der Waals surface area contributed by atoms with E-state index in [9.17, 15) is 9.59 Å². The summed E-state index contributed by atoms with van der Waals surface area (Å²) in [6.45, 7) is 0.190. The predicted octanol–water partition coefficient (Wildman–Crippen LogP) is 0.199. The van der Waals surface area contributed by atoms with E-state index in [1.165, 1.54) is 21.3 Å². The SMILES string of the molecule is COC(=O)C(CCSC)NC(=O)NCC(OC)OC. The molecule has 8 heteroatoms. The molecule has 0 rings (SSSR count). The average Bonchev–Trinajstić information content (AvgIpc) is 2.43. The van der Waals surface area contributed by atoms with E-state index in [4.69, 9.17) is 9.47 Å². The minimum Gasteiger partial charge on any atom is -0.467 e. The molecule has 2 N–H and O–H groups in total. The molecule has 0 aromatic rings. The van der Waals surface area contributed by atoms with Gasteiger partial charge in [-0.05, 0) is 18.4 Å². The molecule has 1 unspecified atom stereocenters. The number of carbonyl (C=O) groups is 2. The Bertz CT molecular complexity index is 274. The summed E-state index contributed by atoms with van der Waals surface area (Å²) in [6, 6.07) is -1.11. The highest BCUT2D eigenvalue weighted by molar-refractivity contribution is 7.98. The van der Waals surface area contributed by atoms with Crippen LogP contribution in [-0.2, 0) is 19.0 Å². The fourth-order valence-electron chi connectivity index (χ4n) is 1.28. The standard InChI is InChI=1S/C11H22N2O5S/c1-16-9(17-2)7-12-11(15)13-8(5-6-19-4)10(14)18-3/h8-9H,5-7H2,1-4H3,(H2,12,13,15). The van der Waals surface area contributed by atoms with Gasteiger partial charge >= 0.3 is 12.0 Å². The minimum atomic E-state index is -0.652. The van der Waals surface area contributed by atoms with Gasteiger partial charge < -0.3 is 24.8 Å². The van der Waals surface area contributed by atoms with Crippen LogP contribution < -0.4 is 10.6 Å². The number of methoxy groups -OCH3 is 3. The van der Waals surface area contributed by atoms with Gasteiger partial charge in [-0.25, -0.2) is 9.59 Å². The molecule has 0 spiro atoms. The van der Waals surface area contributed by atoms with E-state index in [-0.39, 0.29) is 6.54 Å². The first-order chi connectivity index (χ1) is 9.08. The van der Waals surface area contributed by atoms with E-state index in [0.717, 1.165) is 5.75 Å². The predicted molar refractivity (Wildman–Crippen MR) is 73.1 cm³/mol. The molecule has 0 fully saturated rings. The van der Waals surface area contributed by atoms with Crippen LogP contribution in [0.15, 0.2) is 0 Å². The number of hydrogen-bond acceptors (Lipinski definition) is 6. The maximum atomic E-state index is 11.6. The first kappa shape index (κ1) is 18.0. The van der Waals surface area contributed by atoms with E-state index in [1.54, 1.807) is 11.8 Å². The second-order valence-corrected chi connectivity index (χ2v) is 4.60. The molecule has 0 saturated heterocycles. The average molecular weight is 294 g/mol. The van der Waals surface area contributed by atoms with Crippen LogP contribution in [0.3, 0.4) is 0 Å². The van der Waals surface area contributed by atoms with Gasteiger partial charge in [0.1, 0.15) is 6.04 Å². The third-order valence-corrected chi connectivity index (χ3v) is 3.00. The van der Waals surface area contributed by atoms with E-state index < -0.39 is 24.3 Å². The lowest BCUT2D eigenvalue weighted by molar-refractivity contribution is -0.142. The van der Waals surface area contributed by atoms with Crippen LogP contribution in [-0.4, -0.2) is 64.2 Å². The zero-order valence-corrected chi connectivity index (χ0v) is 12.5. The first-order valence-electron chi connectivity index (χ1n) is 5.75. The van der Waals surface area contributed by atoms with Crippen molar-refractivity contribution < 1.29 is 23.8 Å². The Kier molecular flexibility index (Phi) is 10.3. The fourth-order valence-corrected chi connectivity index (χ4v) is 1.75. The van der Waals surface area contributed by atoms with Crippen molar-refractivity contribution in [2.45, 2.75) is 18.8 Å². The molecule has 0 aromatic carbocycles. The Morgan fingerprint density at radius 3 is 2.32 bits per heavy atom. The number of hydrogen-bond donors (Lipinski definition) is 2. The quantitative estimate of drug-likeness (QED) is 0.467. The van der Waals surface area contributed by atoms with Crippen molar-refractivity contribution in [3.63, 3.8) is 0 Å². The van der Waals surface area contributed by atoms with E-state index >= 15 is 0 Å². The molecule has 0 saturated carbocycles. The van der Waals surface area contributed by atoms with Gasteiger partial charge in [0.15, 0.2) is 6.29 Å². The normalized spacial score (nSPS) is 12.1. The van der Waals surface area contributed by atoms with Crippen molar-refractivity contribution in [1.29, 1.82) is 0 Å². The van der Waals surface area contributed by atoms with Crippen LogP contribution in [0.4, 0.5) is 4.79 Å². The van der Waals surface area contributed by atoms with Gasteiger partial charge in [0.05, 0.1) is 13.7 Å². The zero-order chi connectivity index (χ0) is 14.7. The van der Waals surface area contributed by atoms with Crippen LogP contribution in [0.25, 0.3) is 0 Å². The molecule has 2 amide bonds. The van der Waals surface area contributed by atoms with Crippen LogP contribution in [0.2, 0.25) is 0 Å². The maximum absolute atomic E-state index is 11.6. The Balaban J connectivity index is 4.18. The van der Waals surface area contributed by atoms with Gasteiger partial charge in [0.25, 0.3) is 0 Å². The van der Waals surface area contributed by atoms with Crippen molar-refractivity contribution in [3.8, 4) is 0 Å². The molecule has 0 aliphatic rings. The van der Waals surface area contributed by atoms with Crippen LogP contribution >= 0.6 is 11.8 Å². The number of ether oxygens (including phenoxy) is 3. The summed E-state index contributed by atoms with van der Waals surface area (Å²) in [5, 5.41) is 5.11. The van der Waals surface area contributed by atoms with Gasteiger partial charge in [0, 0.05) is 14.2 Å². The monoisotopic (exact) mass is 294 g/mol. The third-order valence-electron chi connectivity index (χ3n) is 2.36. The summed E-state index contributed by atoms with van der Waals surface area (Å²) in [6.07, 6.45) is 1.92. The highest BCUT2D eigenvalue weighted by Gasteiger charge is 2.21. The van der Waals surface area contributed by atoms with Crippen molar-refractivity contribution in [2.24, 2.45) is 0 Å². The van der Waals surface area contributed by atoms with E-state index in [0.29, 0.717) is 6.42 Å². The van der Waals surface area contributed by atoms with Crippen molar-refractivity contribution in [3.05, 3.63) is 0 Å². The Morgan fingerprint density at radius 1 is 1.21 bits per heavy atom. The molecule has 19 heavy (non-hydrogen) atoms. The summed E-state index contributed by atoms with van der Waals surface area (Å²) in [4.78, 5) is 23.1. The third kappa shape index (κ3) is 7.91.